The minimum atomic E-state index is -0.225. The summed E-state index contributed by atoms with van der Waals surface area (Å²) in [6, 6.07) is 4.88. The number of hydrogen-bond donors (Lipinski definition) is 1. The maximum atomic E-state index is 13.4. The first-order valence-corrected chi connectivity index (χ1v) is 7.85. The Morgan fingerprint density at radius 3 is 2.76 bits per heavy atom. The quantitative estimate of drug-likeness (QED) is 0.887. The largest absolute Gasteiger partial charge is 0.330 e. The van der Waals surface area contributed by atoms with Crippen LogP contribution in [0.5, 0.6) is 0 Å². The molecule has 1 saturated heterocycles. The van der Waals surface area contributed by atoms with Gasteiger partial charge in [-0.2, -0.15) is 0 Å². The number of nitrogens with two attached hydrogens (primary N) is 1. The molecular formula is C16H23FN4. The molecule has 5 heteroatoms. The van der Waals surface area contributed by atoms with Gasteiger partial charge >= 0.3 is 0 Å². The standard InChI is InChI=1S/C16H23FN4/c17-13-5-6-15-14(12-13)19-16(4-3-7-18)21(15)11-10-20-8-1-2-9-20/h5-6,12H,1-4,7-11,18H2. The molecule has 0 radical (unpaired) electrons. The van der Waals surface area contributed by atoms with Crippen molar-refractivity contribution in [3.63, 3.8) is 0 Å². The number of rotatable bonds is 6. The summed E-state index contributed by atoms with van der Waals surface area (Å²) in [5.41, 5.74) is 7.40. The highest BCUT2D eigenvalue weighted by Crippen LogP contribution is 2.19. The molecule has 0 aliphatic carbocycles. The lowest BCUT2D eigenvalue weighted by Crippen LogP contribution is -2.24. The molecule has 114 valence electrons. The third-order valence-corrected chi connectivity index (χ3v) is 4.23. The monoisotopic (exact) mass is 290 g/mol. The Kier molecular flexibility index (Phi) is 4.51. The number of aromatic nitrogens is 2. The fourth-order valence-electron chi connectivity index (χ4n) is 3.10. The van der Waals surface area contributed by atoms with Crippen LogP contribution in [-0.2, 0) is 13.0 Å². The normalized spacial score (nSPS) is 16.1. The number of likely N-dealkylation sites (tertiary alicyclic amines) is 1. The van der Waals surface area contributed by atoms with E-state index in [4.69, 9.17) is 5.73 Å². The highest BCUT2D eigenvalue weighted by molar-refractivity contribution is 5.76. The Labute approximate surface area is 124 Å². The summed E-state index contributed by atoms with van der Waals surface area (Å²) >= 11 is 0. The zero-order chi connectivity index (χ0) is 14.7. The molecule has 0 spiro atoms. The van der Waals surface area contributed by atoms with E-state index in [1.165, 1.54) is 38.1 Å². The van der Waals surface area contributed by atoms with Crippen LogP contribution in [0.4, 0.5) is 4.39 Å². The number of fused-ring (bicyclic) bond motifs is 1. The molecule has 0 amide bonds. The molecule has 0 bridgehead atoms. The van der Waals surface area contributed by atoms with Gasteiger partial charge in [-0.1, -0.05) is 0 Å². The Morgan fingerprint density at radius 2 is 2.00 bits per heavy atom. The van der Waals surface area contributed by atoms with Gasteiger partial charge in [-0.25, -0.2) is 9.37 Å². The molecular weight excluding hydrogens is 267 g/mol. The van der Waals surface area contributed by atoms with Crippen LogP contribution >= 0.6 is 0 Å². The van der Waals surface area contributed by atoms with Gasteiger partial charge in [-0.3, -0.25) is 0 Å². The van der Waals surface area contributed by atoms with Gasteiger partial charge in [0.05, 0.1) is 11.0 Å². The van der Waals surface area contributed by atoms with Crippen LogP contribution in [0.1, 0.15) is 25.1 Å². The predicted molar refractivity (Wildman–Crippen MR) is 82.7 cm³/mol. The van der Waals surface area contributed by atoms with Gasteiger partial charge in [-0.15, -0.1) is 0 Å². The predicted octanol–water partition coefficient (Wildman–Crippen LogP) is 2.16. The van der Waals surface area contributed by atoms with E-state index in [0.717, 1.165) is 42.8 Å². The van der Waals surface area contributed by atoms with E-state index in [9.17, 15) is 4.39 Å². The van der Waals surface area contributed by atoms with E-state index >= 15 is 0 Å². The average molecular weight is 290 g/mol. The third-order valence-electron chi connectivity index (χ3n) is 4.23. The fraction of sp³-hybridized carbons (Fsp3) is 0.562. The average Bonchev–Trinajstić information content (AvgIpc) is 3.09. The molecule has 3 rings (SSSR count). The smallest absolute Gasteiger partial charge is 0.125 e. The van der Waals surface area contributed by atoms with E-state index in [2.05, 4.69) is 14.5 Å². The van der Waals surface area contributed by atoms with Crippen molar-refractivity contribution in [2.75, 3.05) is 26.2 Å². The number of nitrogens with zero attached hydrogens (tertiary/aromatic N) is 3. The third kappa shape index (κ3) is 3.24. The molecule has 2 aromatic rings. The lowest BCUT2D eigenvalue weighted by molar-refractivity contribution is 0.322. The van der Waals surface area contributed by atoms with Crippen LogP contribution in [-0.4, -0.2) is 40.6 Å². The Bertz CT molecular complexity index is 602. The van der Waals surface area contributed by atoms with Crippen LogP contribution in [0.3, 0.4) is 0 Å². The van der Waals surface area contributed by atoms with Crippen molar-refractivity contribution in [2.45, 2.75) is 32.2 Å². The van der Waals surface area contributed by atoms with Crippen LogP contribution in [0, 0.1) is 5.82 Å². The Balaban J connectivity index is 1.84. The van der Waals surface area contributed by atoms with Gasteiger partial charge in [-0.05, 0) is 51.0 Å². The highest BCUT2D eigenvalue weighted by atomic mass is 19.1. The summed E-state index contributed by atoms with van der Waals surface area (Å²) in [4.78, 5) is 7.09. The van der Waals surface area contributed by atoms with E-state index in [1.54, 1.807) is 0 Å². The van der Waals surface area contributed by atoms with Crippen molar-refractivity contribution in [3.8, 4) is 0 Å². The summed E-state index contributed by atoms with van der Waals surface area (Å²) in [5, 5.41) is 0. The van der Waals surface area contributed by atoms with Gasteiger partial charge in [0.1, 0.15) is 11.6 Å². The molecule has 0 saturated carbocycles. The van der Waals surface area contributed by atoms with E-state index in [1.807, 2.05) is 6.07 Å². The summed E-state index contributed by atoms with van der Waals surface area (Å²) in [5.74, 6) is 0.803. The van der Waals surface area contributed by atoms with Crippen LogP contribution in [0.25, 0.3) is 11.0 Å². The van der Waals surface area contributed by atoms with Crippen molar-refractivity contribution in [1.29, 1.82) is 0 Å². The van der Waals surface area contributed by atoms with Crippen molar-refractivity contribution >= 4 is 11.0 Å². The highest BCUT2D eigenvalue weighted by Gasteiger charge is 2.15. The SMILES string of the molecule is NCCCc1nc2cc(F)ccc2n1CCN1CCCC1. The maximum absolute atomic E-state index is 13.4. The molecule has 1 aromatic heterocycles. The number of benzene rings is 1. The first-order chi connectivity index (χ1) is 10.3. The number of aryl methyl sites for hydroxylation is 1. The van der Waals surface area contributed by atoms with Crippen molar-refractivity contribution in [1.82, 2.24) is 14.5 Å². The van der Waals surface area contributed by atoms with Crippen LogP contribution in [0.15, 0.2) is 18.2 Å². The molecule has 0 atom stereocenters. The topological polar surface area (TPSA) is 47.1 Å². The summed E-state index contributed by atoms with van der Waals surface area (Å²) < 4.78 is 15.6. The Morgan fingerprint density at radius 1 is 1.19 bits per heavy atom. The lowest BCUT2D eigenvalue weighted by Gasteiger charge is -2.16. The lowest BCUT2D eigenvalue weighted by atomic mass is 10.3. The van der Waals surface area contributed by atoms with Gasteiger partial charge in [0.25, 0.3) is 0 Å². The first kappa shape index (κ1) is 14.5. The molecule has 0 unspecified atom stereocenters. The number of imidazole rings is 1. The zero-order valence-electron chi connectivity index (χ0n) is 12.4. The molecule has 21 heavy (non-hydrogen) atoms. The molecule has 1 aliphatic heterocycles. The van der Waals surface area contributed by atoms with Gasteiger partial charge in [0.2, 0.25) is 0 Å². The van der Waals surface area contributed by atoms with Crippen molar-refractivity contribution in [2.24, 2.45) is 5.73 Å². The fourth-order valence-corrected chi connectivity index (χ4v) is 3.10. The first-order valence-electron chi connectivity index (χ1n) is 7.85. The van der Waals surface area contributed by atoms with Crippen molar-refractivity contribution in [3.05, 3.63) is 29.8 Å². The van der Waals surface area contributed by atoms with Gasteiger partial charge < -0.3 is 15.2 Å². The molecule has 4 nitrogen and oxygen atoms in total. The number of halogens is 1. The molecule has 1 aromatic carbocycles. The number of hydrogen-bond acceptors (Lipinski definition) is 3. The second kappa shape index (κ2) is 6.54. The molecule has 2 heterocycles. The Hall–Kier alpha value is -1.46. The van der Waals surface area contributed by atoms with Crippen molar-refractivity contribution < 1.29 is 4.39 Å². The molecule has 2 N–H and O–H groups in total. The second-order valence-electron chi connectivity index (χ2n) is 5.75. The summed E-state index contributed by atoms with van der Waals surface area (Å²) in [6.07, 6.45) is 4.37. The van der Waals surface area contributed by atoms with Crippen LogP contribution < -0.4 is 5.73 Å². The summed E-state index contributed by atoms with van der Waals surface area (Å²) in [7, 11) is 0. The molecule has 1 fully saturated rings. The van der Waals surface area contributed by atoms with E-state index in [-0.39, 0.29) is 5.82 Å². The minimum Gasteiger partial charge on any atom is -0.330 e. The van der Waals surface area contributed by atoms with Gasteiger partial charge in [0.15, 0.2) is 0 Å². The van der Waals surface area contributed by atoms with Gasteiger partial charge in [0, 0.05) is 25.6 Å². The maximum Gasteiger partial charge on any atom is 0.125 e. The second-order valence-corrected chi connectivity index (χ2v) is 5.75. The summed E-state index contributed by atoms with van der Waals surface area (Å²) in [6.45, 7) is 5.00. The van der Waals surface area contributed by atoms with E-state index in [0.29, 0.717) is 6.54 Å². The van der Waals surface area contributed by atoms with Crippen LogP contribution in [0.2, 0.25) is 0 Å². The molecule has 1 aliphatic rings. The zero-order valence-corrected chi connectivity index (χ0v) is 12.4. The minimum absolute atomic E-state index is 0.225. The van der Waals surface area contributed by atoms with E-state index < -0.39 is 0 Å².